The number of ether oxygens (including phenoxy) is 1. The van der Waals surface area contributed by atoms with E-state index in [0.29, 0.717) is 0 Å². The standard InChI is InChI=1S/C18H32N4O/c1-16(17-10-6-5-7-11-17)23-15-9-13-21-18(19-2)20-12-8-14-22(3)4/h5-7,10-11,16H,8-9,12-15H2,1-4H3,(H2,19,20,21). The summed E-state index contributed by atoms with van der Waals surface area (Å²) < 4.78 is 5.86. The molecule has 0 aliphatic heterocycles. The normalized spacial score (nSPS) is 13.2. The van der Waals surface area contributed by atoms with Crippen molar-refractivity contribution in [3.05, 3.63) is 35.9 Å². The van der Waals surface area contributed by atoms with E-state index in [9.17, 15) is 0 Å². The van der Waals surface area contributed by atoms with E-state index in [0.717, 1.165) is 45.0 Å². The van der Waals surface area contributed by atoms with Crippen LogP contribution < -0.4 is 10.6 Å². The van der Waals surface area contributed by atoms with Gasteiger partial charge in [-0.05, 0) is 46.0 Å². The summed E-state index contributed by atoms with van der Waals surface area (Å²) in [6, 6.07) is 10.3. The summed E-state index contributed by atoms with van der Waals surface area (Å²) in [5, 5.41) is 6.64. The van der Waals surface area contributed by atoms with Gasteiger partial charge in [0.05, 0.1) is 6.10 Å². The van der Waals surface area contributed by atoms with Gasteiger partial charge in [0.15, 0.2) is 5.96 Å². The fourth-order valence-corrected chi connectivity index (χ4v) is 2.18. The van der Waals surface area contributed by atoms with E-state index in [1.165, 1.54) is 5.56 Å². The van der Waals surface area contributed by atoms with Crippen molar-refractivity contribution in [3.63, 3.8) is 0 Å². The average Bonchev–Trinajstić information content (AvgIpc) is 2.56. The van der Waals surface area contributed by atoms with Crippen molar-refractivity contribution in [2.75, 3.05) is 47.4 Å². The molecule has 0 radical (unpaired) electrons. The second kappa shape index (κ2) is 11.9. The minimum Gasteiger partial charge on any atom is -0.374 e. The lowest BCUT2D eigenvalue weighted by Crippen LogP contribution is -2.39. The molecular formula is C18H32N4O. The van der Waals surface area contributed by atoms with E-state index >= 15 is 0 Å². The van der Waals surface area contributed by atoms with Crippen LogP contribution >= 0.6 is 0 Å². The van der Waals surface area contributed by atoms with Crippen molar-refractivity contribution in [1.29, 1.82) is 0 Å². The molecule has 2 N–H and O–H groups in total. The third-order valence-corrected chi connectivity index (χ3v) is 3.55. The van der Waals surface area contributed by atoms with Gasteiger partial charge in [0, 0.05) is 26.7 Å². The molecule has 0 saturated heterocycles. The van der Waals surface area contributed by atoms with Gasteiger partial charge in [0.25, 0.3) is 0 Å². The maximum Gasteiger partial charge on any atom is 0.190 e. The molecule has 1 aromatic rings. The number of nitrogens with one attached hydrogen (secondary N) is 2. The molecule has 0 spiro atoms. The second-order valence-electron chi connectivity index (χ2n) is 5.86. The highest BCUT2D eigenvalue weighted by atomic mass is 16.5. The van der Waals surface area contributed by atoms with Crippen LogP contribution in [-0.2, 0) is 4.74 Å². The SMILES string of the molecule is CN=C(NCCCOC(C)c1ccccc1)NCCCN(C)C. The van der Waals surface area contributed by atoms with E-state index in [1.54, 1.807) is 7.05 Å². The predicted molar refractivity (Wildman–Crippen MR) is 98.0 cm³/mol. The van der Waals surface area contributed by atoms with Gasteiger partial charge in [-0.25, -0.2) is 0 Å². The van der Waals surface area contributed by atoms with E-state index in [4.69, 9.17) is 4.74 Å². The largest absolute Gasteiger partial charge is 0.374 e. The molecule has 23 heavy (non-hydrogen) atoms. The molecule has 0 bridgehead atoms. The first-order valence-corrected chi connectivity index (χ1v) is 8.39. The summed E-state index contributed by atoms with van der Waals surface area (Å²) in [6.07, 6.45) is 2.20. The molecular weight excluding hydrogens is 288 g/mol. The van der Waals surface area contributed by atoms with Crippen molar-refractivity contribution in [1.82, 2.24) is 15.5 Å². The Morgan fingerprint density at radius 2 is 1.78 bits per heavy atom. The molecule has 0 aliphatic rings. The highest BCUT2D eigenvalue weighted by Crippen LogP contribution is 2.15. The third kappa shape index (κ3) is 9.21. The number of rotatable bonds is 10. The molecule has 0 heterocycles. The molecule has 0 fully saturated rings. The number of benzene rings is 1. The molecule has 1 atom stereocenters. The molecule has 1 unspecified atom stereocenters. The molecule has 5 nitrogen and oxygen atoms in total. The summed E-state index contributed by atoms with van der Waals surface area (Å²) in [4.78, 5) is 6.41. The van der Waals surface area contributed by atoms with Crippen molar-refractivity contribution < 1.29 is 4.74 Å². The molecule has 0 amide bonds. The van der Waals surface area contributed by atoms with Gasteiger partial charge in [0.2, 0.25) is 0 Å². The van der Waals surface area contributed by atoms with Gasteiger partial charge >= 0.3 is 0 Å². The van der Waals surface area contributed by atoms with Gasteiger partial charge < -0.3 is 20.3 Å². The van der Waals surface area contributed by atoms with Crippen molar-refractivity contribution >= 4 is 5.96 Å². The summed E-state index contributed by atoms with van der Waals surface area (Å²) in [7, 11) is 5.97. The number of guanidine groups is 1. The van der Waals surface area contributed by atoms with Crippen molar-refractivity contribution in [2.45, 2.75) is 25.9 Å². The van der Waals surface area contributed by atoms with Crippen LogP contribution in [0.1, 0.15) is 31.4 Å². The Labute approximate surface area is 141 Å². The molecule has 1 rings (SSSR count). The summed E-state index contributed by atoms with van der Waals surface area (Å²) in [6.45, 7) is 5.69. The van der Waals surface area contributed by atoms with Crippen LogP contribution in [-0.4, -0.2) is 58.2 Å². The number of hydrogen-bond acceptors (Lipinski definition) is 3. The number of aliphatic imine (C=N–C) groups is 1. The van der Waals surface area contributed by atoms with Gasteiger partial charge in [-0.2, -0.15) is 0 Å². The highest BCUT2D eigenvalue weighted by molar-refractivity contribution is 5.79. The van der Waals surface area contributed by atoms with E-state index in [2.05, 4.69) is 53.7 Å². The topological polar surface area (TPSA) is 48.9 Å². The maximum atomic E-state index is 5.86. The van der Waals surface area contributed by atoms with Crippen LogP contribution in [0.5, 0.6) is 0 Å². The van der Waals surface area contributed by atoms with Crippen molar-refractivity contribution in [3.8, 4) is 0 Å². The molecule has 0 aromatic heterocycles. The minimum atomic E-state index is 0.139. The first kappa shape index (κ1) is 19.5. The van der Waals surface area contributed by atoms with Gasteiger partial charge in [0.1, 0.15) is 0 Å². The van der Waals surface area contributed by atoms with Gasteiger partial charge in [-0.1, -0.05) is 30.3 Å². The fourth-order valence-electron chi connectivity index (χ4n) is 2.18. The van der Waals surface area contributed by atoms with Gasteiger partial charge in [-0.15, -0.1) is 0 Å². The highest BCUT2D eigenvalue weighted by Gasteiger charge is 2.04. The van der Waals surface area contributed by atoms with Crippen LogP contribution in [0.25, 0.3) is 0 Å². The smallest absolute Gasteiger partial charge is 0.190 e. The summed E-state index contributed by atoms with van der Waals surface area (Å²) in [5.74, 6) is 0.861. The van der Waals surface area contributed by atoms with E-state index in [1.807, 2.05) is 18.2 Å². The van der Waals surface area contributed by atoms with Crippen LogP contribution in [0.15, 0.2) is 35.3 Å². The second-order valence-corrected chi connectivity index (χ2v) is 5.86. The van der Waals surface area contributed by atoms with Crippen LogP contribution in [0.2, 0.25) is 0 Å². The molecule has 0 aliphatic carbocycles. The molecule has 130 valence electrons. The zero-order valence-electron chi connectivity index (χ0n) is 15.0. The van der Waals surface area contributed by atoms with Crippen LogP contribution in [0, 0.1) is 0 Å². The Balaban J connectivity index is 2.08. The lowest BCUT2D eigenvalue weighted by Gasteiger charge is -2.15. The first-order chi connectivity index (χ1) is 11.1. The Morgan fingerprint density at radius 1 is 1.13 bits per heavy atom. The fraction of sp³-hybridized carbons (Fsp3) is 0.611. The Hall–Kier alpha value is -1.59. The lowest BCUT2D eigenvalue weighted by molar-refractivity contribution is 0.0646. The number of hydrogen-bond donors (Lipinski definition) is 2. The zero-order valence-corrected chi connectivity index (χ0v) is 15.0. The van der Waals surface area contributed by atoms with Crippen molar-refractivity contribution in [2.24, 2.45) is 4.99 Å². The zero-order chi connectivity index (χ0) is 16.9. The quantitative estimate of drug-likeness (QED) is 0.394. The average molecular weight is 320 g/mol. The van der Waals surface area contributed by atoms with E-state index < -0.39 is 0 Å². The Kier molecular flexibility index (Phi) is 10.1. The van der Waals surface area contributed by atoms with E-state index in [-0.39, 0.29) is 6.10 Å². The molecule has 1 aromatic carbocycles. The number of nitrogens with zero attached hydrogens (tertiary/aromatic N) is 2. The molecule has 0 saturated carbocycles. The summed E-state index contributed by atoms with van der Waals surface area (Å²) >= 11 is 0. The molecule has 5 heteroatoms. The lowest BCUT2D eigenvalue weighted by atomic mass is 10.1. The van der Waals surface area contributed by atoms with Crippen LogP contribution in [0.3, 0.4) is 0 Å². The Morgan fingerprint density at radius 3 is 2.39 bits per heavy atom. The first-order valence-electron chi connectivity index (χ1n) is 8.39. The van der Waals surface area contributed by atoms with Gasteiger partial charge in [-0.3, -0.25) is 4.99 Å². The summed E-state index contributed by atoms with van der Waals surface area (Å²) in [5.41, 5.74) is 1.22. The Bertz CT molecular complexity index is 434. The minimum absolute atomic E-state index is 0.139. The third-order valence-electron chi connectivity index (χ3n) is 3.55. The predicted octanol–water partition coefficient (Wildman–Crippen LogP) is 2.27. The monoisotopic (exact) mass is 320 g/mol. The van der Waals surface area contributed by atoms with Crippen LogP contribution in [0.4, 0.5) is 0 Å². The maximum absolute atomic E-state index is 5.86.